The summed E-state index contributed by atoms with van der Waals surface area (Å²) in [5.74, 6) is 0.953. The maximum Gasteiger partial charge on any atom is 0.324 e. The van der Waals surface area contributed by atoms with E-state index in [1.54, 1.807) is 30.2 Å². The highest BCUT2D eigenvalue weighted by Crippen LogP contribution is 2.37. The topological polar surface area (TPSA) is 56.5 Å². The van der Waals surface area contributed by atoms with E-state index in [-0.39, 0.29) is 17.6 Å². The fourth-order valence-corrected chi connectivity index (χ4v) is 2.79. The maximum atomic E-state index is 13.0. The number of ether oxygens (including phenoxy) is 1. The van der Waals surface area contributed by atoms with Crippen LogP contribution in [0.15, 0.2) is 48.7 Å². The van der Waals surface area contributed by atoms with E-state index in [4.69, 9.17) is 4.74 Å². The van der Waals surface area contributed by atoms with Gasteiger partial charge in [0.2, 0.25) is 0 Å². The van der Waals surface area contributed by atoms with Crippen molar-refractivity contribution in [2.24, 2.45) is 5.92 Å². The van der Waals surface area contributed by atoms with E-state index in [0.29, 0.717) is 10.6 Å². The second kappa shape index (κ2) is 6.28. The summed E-state index contributed by atoms with van der Waals surface area (Å²) in [5.41, 5.74) is 0.912. The Morgan fingerprint density at radius 1 is 1.26 bits per heavy atom. The monoisotopic (exact) mass is 312 g/mol. The number of aromatic nitrogens is 1. The molecule has 1 aromatic heterocycles. The Bertz CT molecular complexity index is 696. The number of nitrogens with zero attached hydrogens (tertiary/aromatic N) is 2. The van der Waals surface area contributed by atoms with Crippen LogP contribution >= 0.6 is 0 Å². The first kappa shape index (κ1) is 15.3. The van der Waals surface area contributed by atoms with Crippen LogP contribution in [0.4, 0.5) is 5.69 Å². The van der Waals surface area contributed by atoms with Gasteiger partial charge in [0, 0.05) is 23.9 Å². The standard InChI is InChI=1S/C18H20N2O3/c1-13(14-6-7-14)20(15-8-10-16(23-2)11-9-15)18(21)17-5-3-4-12-19(17)22/h3-5,8-14H,6-7H2,1-2H3/t13-/m1/s1. The van der Waals surface area contributed by atoms with Crippen molar-refractivity contribution in [1.82, 2.24) is 0 Å². The summed E-state index contributed by atoms with van der Waals surface area (Å²) in [6.07, 6.45) is 3.59. The van der Waals surface area contributed by atoms with Gasteiger partial charge in [-0.15, -0.1) is 0 Å². The number of hydrogen-bond donors (Lipinski definition) is 0. The van der Waals surface area contributed by atoms with Crippen LogP contribution in [0, 0.1) is 11.1 Å². The Labute approximate surface area is 135 Å². The lowest BCUT2D eigenvalue weighted by Crippen LogP contribution is -2.46. The molecule has 2 aromatic rings. The van der Waals surface area contributed by atoms with Gasteiger partial charge >= 0.3 is 5.91 Å². The van der Waals surface area contributed by atoms with Gasteiger partial charge in [0.15, 0.2) is 6.20 Å². The number of methoxy groups -OCH3 is 1. The Balaban J connectivity index is 1.97. The van der Waals surface area contributed by atoms with E-state index in [0.717, 1.165) is 24.3 Å². The van der Waals surface area contributed by atoms with Crippen LogP contribution in [-0.2, 0) is 0 Å². The molecule has 0 spiro atoms. The van der Waals surface area contributed by atoms with Gasteiger partial charge in [0.1, 0.15) is 5.75 Å². The molecule has 5 nitrogen and oxygen atoms in total. The van der Waals surface area contributed by atoms with Gasteiger partial charge in [-0.2, -0.15) is 4.73 Å². The first-order chi connectivity index (χ1) is 11.1. The molecule has 0 aliphatic heterocycles. The van der Waals surface area contributed by atoms with Gasteiger partial charge in [-0.3, -0.25) is 4.79 Å². The van der Waals surface area contributed by atoms with Crippen LogP contribution in [0.3, 0.4) is 0 Å². The molecule has 0 N–H and O–H groups in total. The van der Waals surface area contributed by atoms with Gasteiger partial charge in [0.05, 0.1) is 7.11 Å². The van der Waals surface area contributed by atoms with Crippen molar-refractivity contribution < 1.29 is 14.3 Å². The molecule has 23 heavy (non-hydrogen) atoms. The Kier molecular flexibility index (Phi) is 4.19. The summed E-state index contributed by atoms with van der Waals surface area (Å²) in [7, 11) is 1.61. The number of rotatable bonds is 5. The summed E-state index contributed by atoms with van der Waals surface area (Å²) in [6.45, 7) is 2.04. The summed E-state index contributed by atoms with van der Waals surface area (Å²) < 4.78 is 5.80. The average Bonchev–Trinajstić information content (AvgIpc) is 3.41. The number of carbonyl (C=O) groups excluding carboxylic acids is 1. The minimum atomic E-state index is -0.273. The molecule has 1 aliphatic rings. The molecule has 5 heteroatoms. The molecule has 3 rings (SSSR count). The van der Waals surface area contributed by atoms with Crippen molar-refractivity contribution >= 4 is 11.6 Å². The van der Waals surface area contributed by atoms with Gasteiger partial charge in [0.25, 0.3) is 5.69 Å². The van der Waals surface area contributed by atoms with E-state index in [1.165, 1.54) is 6.20 Å². The second-order valence-corrected chi connectivity index (χ2v) is 5.86. The molecule has 1 atom stereocenters. The number of carbonyl (C=O) groups is 1. The minimum Gasteiger partial charge on any atom is -0.618 e. The Morgan fingerprint density at radius 3 is 2.52 bits per heavy atom. The first-order valence-corrected chi connectivity index (χ1v) is 7.77. The number of benzene rings is 1. The zero-order valence-corrected chi connectivity index (χ0v) is 13.3. The second-order valence-electron chi connectivity index (χ2n) is 5.86. The minimum absolute atomic E-state index is 0.0519. The smallest absolute Gasteiger partial charge is 0.324 e. The van der Waals surface area contributed by atoms with E-state index in [9.17, 15) is 10.0 Å². The molecule has 1 fully saturated rings. The molecular weight excluding hydrogens is 292 g/mol. The molecule has 1 saturated carbocycles. The summed E-state index contributed by atoms with van der Waals surface area (Å²) >= 11 is 0. The molecular formula is C18H20N2O3. The lowest BCUT2D eigenvalue weighted by Gasteiger charge is -2.28. The van der Waals surface area contributed by atoms with Crippen LogP contribution in [0.1, 0.15) is 30.3 Å². The number of amides is 1. The molecule has 0 bridgehead atoms. The SMILES string of the molecule is COc1ccc(N(C(=O)c2cccc[n+]2[O-])[C@H](C)C2CC2)cc1. The molecule has 1 heterocycles. The molecule has 0 saturated heterocycles. The van der Waals surface area contributed by atoms with Crippen molar-refractivity contribution in [3.8, 4) is 5.75 Å². The molecule has 120 valence electrons. The molecule has 0 radical (unpaired) electrons. The summed E-state index contributed by atoms with van der Waals surface area (Å²) in [4.78, 5) is 14.7. The van der Waals surface area contributed by atoms with Gasteiger partial charge in [-0.1, -0.05) is 0 Å². The van der Waals surface area contributed by atoms with Crippen molar-refractivity contribution in [3.05, 3.63) is 59.6 Å². The predicted octanol–water partition coefficient (Wildman–Crippen LogP) is 2.77. The lowest BCUT2D eigenvalue weighted by molar-refractivity contribution is -0.607. The maximum absolute atomic E-state index is 13.0. The highest BCUT2D eigenvalue weighted by atomic mass is 16.5. The van der Waals surface area contributed by atoms with Gasteiger partial charge < -0.3 is 14.8 Å². The van der Waals surface area contributed by atoms with Crippen LogP contribution in [0.2, 0.25) is 0 Å². The predicted molar refractivity (Wildman–Crippen MR) is 87.4 cm³/mol. The van der Waals surface area contributed by atoms with Crippen LogP contribution in [-0.4, -0.2) is 19.1 Å². The van der Waals surface area contributed by atoms with E-state index < -0.39 is 0 Å². The van der Waals surface area contributed by atoms with Gasteiger partial charge in [-0.25, -0.2) is 0 Å². The number of pyridine rings is 1. The zero-order valence-electron chi connectivity index (χ0n) is 13.3. The largest absolute Gasteiger partial charge is 0.618 e. The zero-order chi connectivity index (χ0) is 16.4. The van der Waals surface area contributed by atoms with Crippen molar-refractivity contribution in [1.29, 1.82) is 0 Å². The number of anilines is 1. The van der Waals surface area contributed by atoms with Crippen molar-refractivity contribution in [3.63, 3.8) is 0 Å². The normalized spacial score (nSPS) is 15.0. The van der Waals surface area contributed by atoms with Crippen molar-refractivity contribution in [2.75, 3.05) is 12.0 Å². The van der Waals surface area contributed by atoms with Crippen molar-refractivity contribution in [2.45, 2.75) is 25.8 Å². The molecule has 0 unspecified atom stereocenters. The van der Waals surface area contributed by atoms with Crippen LogP contribution < -0.4 is 14.4 Å². The van der Waals surface area contributed by atoms with Crippen LogP contribution in [0.5, 0.6) is 5.75 Å². The van der Waals surface area contributed by atoms with Gasteiger partial charge in [-0.05, 0) is 56.0 Å². The first-order valence-electron chi connectivity index (χ1n) is 7.77. The summed E-state index contributed by atoms with van der Waals surface area (Å²) in [5, 5.41) is 12.0. The molecule has 1 aromatic carbocycles. The fourth-order valence-electron chi connectivity index (χ4n) is 2.79. The summed E-state index contributed by atoms with van der Waals surface area (Å²) in [6, 6.07) is 12.3. The third-order valence-corrected chi connectivity index (χ3v) is 4.32. The fraction of sp³-hybridized carbons (Fsp3) is 0.333. The third-order valence-electron chi connectivity index (χ3n) is 4.32. The van der Waals surface area contributed by atoms with Crippen LogP contribution in [0.25, 0.3) is 0 Å². The molecule has 1 aliphatic carbocycles. The average molecular weight is 312 g/mol. The molecule has 1 amide bonds. The van der Waals surface area contributed by atoms with E-state index in [1.807, 2.05) is 31.2 Å². The quantitative estimate of drug-likeness (QED) is 0.630. The Hall–Kier alpha value is -2.56. The lowest BCUT2D eigenvalue weighted by atomic mass is 10.1. The third kappa shape index (κ3) is 3.13. The Morgan fingerprint density at radius 2 is 1.96 bits per heavy atom. The van der Waals surface area contributed by atoms with E-state index >= 15 is 0 Å². The highest BCUT2D eigenvalue weighted by Gasteiger charge is 2.37. The van der Waals surface area contributed by atoms with E-state index in [2.05, 4.69) is 0 Å². The highest BCUT2D eigenvalue weighted by molar-refractivity contribution is 6.04. The number of hydrogen-bond acceptors (Lipinski definition) is 3.